The highest BCUT2D eigenvalue weighted by Crippen LogP contribution is 2.26. The average Bonchev–Trinajstić information content (AvgIpc) is 2.80. The number of halogens is 1. The third kappa shape index (κ3) is 4.45. The van der Waals surface area contributed by atoms with Crippen LogP contribution in [0.25, 0.3) is 10.9 Å². The number of nitrogens with zero attached hydrogens (tertiary/aromatic N) is 1. The van der Waals surface area contributed by atoms with Gasteiger partial charge < -0.3 is 5.32 Å². The van der Waals surface area contributed by atoms with Gasteiger partial charge in [0.05, 0.1) is 22.8 Å². The van der Waals surface area contributed by atoms with Crippen molar-refractivity contribution in [2.75, 3.05) is 4.72 Å². The SMILES string of the molecule is C[C@H](NC(=O)c1cc(F)ccc1NS(=O)(=O)c1cccc2cccnc12)c1ccccc1. The molecule has 1 aromatic heterocycles. The molecule has 0 spiro atoms. The Balaban J connectivity index is 1.67. The maximum atomic E-state index is 14.0. The first-order valence-corrected chi connectivity index (χ1v) is 11.4. The van der Waals surface area contributed by atoms with Gasteiger partial charge >= 0.3 is 0 Å². The van der Waals surface area contributed by atoms with E-state index >= 15 is 0 Å². The Bertz CT molecular complexity index is 1390. The lowest BCUT2D eigenvalue weighted by Gasteiger charge is -2.17. The summed E-state index contributed by atoms with van der Waals surface area (Å²) in [6.07, 6.45) is 1.50. The normalized spacial score (nSPS) is 12.3. The van der Waals surface area contributed by atoms with Gasteiger partial charge in [-0.1, -0.05) is 48.5 Å². The van der Waals surface area contributed by atoms with Crippen molar-refractivity contribution in [1.29, 1.82) is 0 Å². The van der Waals surface area contributed by atoms with Gasteiger partial charge in [-0.05, 0) is 42.8 Å². The Morgan fingerprint density at radius 2 is 1.72 bits per heavy atom. The Hall–Kier alpha value is -3.78. The number of amides is 1. The van der Waals surface area contributed by atoms with Crippen LogP contribution >= 0.6 is 0 Å². The molecule has 1 amide bonds. The molecule has 0 fully saturated rings. The zero-order chi connectivity index (χ0) is 22.7. The van der Waals surface area contributed by atoms with Gasteiger partial charge in [-0.3, -0.25) is 14.5 Å². The number of nitrogens with one attached hydrogen (secondary N) is 2. The zero-order valence-electron chi connectivity index (χ0n) is 17.1. The summed E-state index contributed by atoms with van der Waals surface area (Å²) >= 11 is 0. The second-order valence-corrected chi connectivity index (χ2v) is 8.88. The summed E-state index contributed by atoms with van der Waals surface area (Å²) in [5, 5.41) is 3.44. The van der Waals surface area contributed by atoms with Crippen molar-refractivity contribution in [2.45, 2.75) is 17.9 Å². The number of anilines is 1. The predicted octanol–water partition coefficient (Wildman–Crippen LogP) is 4.67. The van der Waals surface area contributed by atoms with Gasteiger partial charge in [0, 0.05) is 11.6 Å². The third-order valence-corrected chi connectivity index (χ3v) is 6.40. The molecule has 0 bridgehead atoms. The van der Waals surface area contributed by atoms with Crippen molar-refractivity contribution in [1.82, 2.24) is 10.3 Å². The molecule has 0 aliphatic heterocycles. The first kappa shape index (κ1) is 21.5. The minimum absolute atomic E-state index is 0.0305. The Kier molecular flexibility index (Phi) is 5.87. The maximum absolute atomic E-state index is 14.0. The van der Waals surface area contributed by atoms with E-state index in [1.54, 1.807) is 31.2 Å². The quantitative estimate of drug-likeness (QED) is 0.448. The number of benzene rings is 3. The Labute approximate surface area is 185 Å². The summed E-state index contributed by atoms with van der Waals surface area (Å²) in [5.74, 6) is -1.26. The number of hydrogen-bond donors (Lipinski definition) is 2. The van der Waals surface area contributed by atoms with E-state index < -0.39 is 21.7 Å². The maximum Gasteiger partial charge on any atom is 0.264 e. The predicted molar refractivity (Wildman–Crippen MR) is 121 cm³/mol. The highest BCUT2D eigenvalue weighted by Gasteiger charge is 2.22. The van der Waals surface area contributed by atoms with Crippen LogP contribution in [0, 0.1) is 5.82 Å². The molecule has 8 heteroatoms. The van der Waals surface area contributed by atoms with E-state index in [0.717, 1.165) is 17.7 Å². The molecule has 0 aliphatic carbocycles. The van der Waals surface area contributed by atoms with Gasteiger partial charge in [-0.2, -0.15) is 0 Å². The van der Waals surface area contributed by atoms with Crippen LogP contribution in [0.4, 0.5) is 10.1 Å². The van der Waals surface area contributed by atoms with Gasteiger partial charge in [0.15, 0.2) is 0 Å². The number of pyridine rings is 1. The summed E-state index contributed by atoms with van der Waals surface area (Å²) in [4.78, 5) is 17.0. The molecule has 162 valence electrons. The van der Waals surface area contributed by atoms with E-state index in [4.69, 9.17) is 0 Å². The smallest absolute Gasteiger partial charge is 0.264 e. The van der Waals surface area contributed by atoms with E-state index in [9.17, 15) is 17.6 Å². The van der Waals surface area contributed by atoms with E-state index in [1.165, 1.54) is 18.3 Å². The van der Waals surface area contributed by atoms with Gasteiger partial charge in [0.25, 0.3) is 15.9 Å². The summed E-state index contributed by atoms with van der Waals surface area (Å²) in [5.41, 5.74) is 1.01. The average molecular weight is 450 g/mol. The minimum Gasteiger partial charge on any atom is -0.345 e. The largest absolute Gasteiger partial charge is 0.345 e. The van der Waals surface area contributed by atoms with Crippen molar-refractivity contribution in [3.05, 3.63) is 102 Å². The third-order valence-electron chi connectivity index (χ3n) is 5.00. The number of rotatable bonds is 6. The molecular weight excluding hydrogens is 429 g/mol. The Morgan fingerprint density at radius 3 is 2.50 bits per heavy atom. The highest BCUT2D eigenvalue weighted by molar-refractivity contribution is 7.93. The van der Waals surface area contributed by atoms with E-state index in [0.29, 0.717) is 10.9 Å². The van der Waals surface area contributed by atoms with Gasteiger partial charge in [-0.25, -0.2) is 12.8 Å². The molecule has 4 rings (SSSR count). The number of carbonyl (C=O) groups excluding carboxylic acids is 1. The van der Waals surface area contributed by atoms with Crippen LogP contribution in [-0.2, 0) is 10.0 Å². The summed E-state index contributed by atoms with van der Waals surface area (Å²) in [6.45, 7) is 1.79. The fourth-order valence-electron chi connectivity index (χ4n) is 3.39. The number of carbonyl (C=O) groups is 1. The second-order valence-electron chi connectivity index (χ2n) is 7.23. The number of aromatic nitrogens is 1. The molecular formula is C24H20FN3O3S. The van der Waals surface area contributed by atoms with Crippen molar-refractivity contribution < 1.29 is 17.6 Å². The van der Waals surface area contributed by atoms with Crippen LogP contribution in [0.5, 0.6) is 0 Å². The molecule has 0 saturated carbocycles. The number of para-hydroxylation sites is 1. The molecule has 3 aromatic carbocycles. The van der Waals surface area contributed by atoms with Crippen LogP contribution in [0.3, 0.4) is 0 Å². The lowest BCUT2D eigenvalue weighted by atomic mass is 10.1. The van der Waals surface area contributed by atoms with Crippen molar-refractivity contribution in [3.63, 3.8) is 0 Å². The summed E-state index contributed by atoms with van der Waals surface area (Å²) in [7, 11) is -4.10. The summed E-state index contributed by atoms with van der Waals surface area (Å²) < 4.78 is 42.7. The second kappa shape index (κ2) is 8.76. The topological polar surface area (TPSA) is 88.2 Å². The van der Waals surface area contributed by atoms with Crippen molar-refractivity contribution >= 4 is 32.5 Å². The van der Waals surface area contributed by atoms with Crippen LogP contribution in [0.15, 0.2) is 90.0 Å². The monoisotopic (exact) mass is 449 g/mol. The standard InChI is InChI=1S/C24H20FN3O3S/c1-16(17-7-3-2-4-8-17)27-24(29)20-15-19(25)12-13-21(20)28-32(30,31)22-11-5-9-18-10-6-14-26-23(18)22/h2-16,28H,1H3,(H,27,29)/t16-/m0/s1. The van der Waals surface area contributed by atoms with E-state index in [1.807, 2.05) is 30.3 Å². The molecule has 4 aromatic rings. The summed E-state index contributed by atoms with van der Waals surface area (Å²) in [6, 6.07) is 20.5. The van der Waals surface area contributed by atoms with Crippen LogP contribution in [-0.4, -0.2) is 19.3 Å². The zero-order valence-corrected chi connectivity index (χ0v) is 17.9. The minimum atomic E-state index is -4.10. The van der Waals surface area contributed by atoms with Crippen LogP contribution in [0.1, 0.15) is 28.9 Å². The van der Waals surface area contributed by atoms with Crippen molar-refractivity contribution in [2.24, 2.45) is 0 Å². The molecule has 0 unspecified atom stereocenters. The lowest BCUT2D eigenvalue weighted by Crippen LogP contribution is -2.28. The van der Waals surface area contributed by atoms with Crippen LogP contribution in [0.2, 0.25) is 0 Å². The van der Waals surface area contributed by atoms with Gasteiger partial charge in [0.1, 0.15) is 10.7 Å². The number of fused-ring (bicyclic) bond motifs is 1. The number of hydrogen-bond acceptors (Lipinski definition) is 4. The fourth-order valence-corrected chi connectivity index (χ4v) is 4.65. The molecule has 0 aliphatic rings. The Morgan fingerprint density at radius 1 is 0.969 bits per heavy atom. The first-order valence-electron chi connectivity index (χ1n) is 9.87. The number of sulfonamides is 1. The first-order chi connectivity index (χ1) is 15.3. The molecule has 1 atom stereocenters. The lowest BCUT2D eigenvalue weighted by molar-refractivity contribution is 0.0940. The molecule has 6 nitrogen and oxygen atoms in total. The molecule has 1 heterocycles. The molecule has 0 radical (unpaired) electrons. The molecule has 2 N–H and O–H groups in total. The molecule has 32 heavy (non-hydrogen) atoms. The highest BCUT2D eigenvalue weighted by atomic mass is 32.2. The van der Waals surface area contributed by atoms with Crippen molar-refractivity contribution in [3.8, 4) is 0 Å². The fraction of sp³-hybridized carbons (Fsp3) is 0.0833. The van der Waals surface area contributed by atoms with E-state index in [-0.39, 0.29) is 22.2 Å². The van der Waals surface area contributed by atoms with E-state index in [2.05, 4.69) is 15.0 Å². The van der Waals surface area contributed by atoms with Gasteiger partial charge in [0.2, 0.25) is 0 Å². The van der Waals surface area contributed by atoms with Gasteiger partial charge in [-0.15, -0.1) is 0 Å². The molecule has 0 saturated heterocycles. The van der Waals surface area contributed by atoms with Crippen LogP contribution < -0.4 is 10.0 Å².